The molecule has 0 radical (unpaired) electrons. The fraction of sp³-hybridized carbons (Fsp3) is 0.526. The van der Waals surface area contributed by atoms with Gasteiger partial charge in [-0.15, -0.1) is 0 Å². The Kier molecular flexibility index (Phi) is 5.75. The summed E-state index contributed by atoms with van der Waals surface area (Å²) in [7, 11) is 1.85. The van der Waals surface area contributed by atoms with Crippen LogP contribution in [0.1, 0.15) is 50.5 Å². The standard InChI is InChI=1S/C19H26N4O3/c1-23(14-5-3-2-4-6-14)18(25)10-9-17(24)20-12-13-7-8-15-16(11-13)22-19(26)21-15/h7-8,11,14H,2-6,9-10,12H2,1H3,(H,20,24)(H2,21,22,26). The number of nitrogens with zero attached hydrogens (tertiary/aromatic N) is 1. The van der Waals surface area contributed by atoms with Gasteiger partial charge in [0.2, 0.25) is 11.8 Å². The Morgan fingerprint density at radius 3 is 2.62 bits per heavy atom. The zero-order chi connectivity index (χ0) is 18.5. The normalized spacial score (nSPS) is 15.1. The largest absolute Gasteiger partial charge is 0.352 e. The zero-order valence-electron chi connectivity index (χ0n) is 15.1. The second-order valence-corrected chi connectivity index (χ2v) is 7.03. The van der Waals surface area contributed by atoms with Crippen LogP contribution in [0.4, 0.5) is 0 Å². The highest BCUT2D eigenvalue weighted by Crippen LogP contribution is 2.22. The van der Waals surface area contributed by atoms with Crippen LogP contribution in [0.2, 0.25) is 0 Å². The van der Waals surface area contributed by atoms with Crippen LogP contribution in [0.5, 0.6) is 0 Å². The van der Waals surface area contributed by atoms with Gasteiger partial charge in [0.1, 0.15) is 0 Å². The van der Waals surface area contributed by atoms with Crippen LogP contribution in [0.15, 0.2) is 23.0 Å². The number of imidazole rings is 1. The van der Waals surface area contributed by atoms with Gasteiger partial charge in [-0.2, -0.15) is 0 Å². The first-order chi connectivity index (χ1) is 12.5. The van der Waals surface area contributed by atoms with Crippen molar-refractivity contribution in [1.82, 2.24) is 20.2 Å². The molecule has 0 unspecified atom stereocenters. The Bertz CT molecular complexity index is 833. The van der Waals surface area contributed by atoms with Crippen molar-refractivity contribution in [1.29, 1.82) is 0 Å². The predicted molar refractivity (Wildman–Crippen MR) is 99.6 cm³/mol. The van der Waals surface area contributed by atoms with Crippen LogP contribution in [0.3, 0.4) is 0 Å². The van der Waals surface area contributed by atoms with Gasteiger partial charge in [-0.05, 0) is 30.5 Å². The smallest absolute Gasteiger partial charge is 0.323 e. The molecular weight excluding hydrogens is 332 g/mol. The van der Waals surface area contributed by atoms with Crippen molar-refractivity contribution in [2.24, 2.45) is 0 Å². The average Bonchev–Trinajstić information content (AvgIpc) is 3.03. The summed E-state index contributed by atoms with van der Waals surface area (Å²) in [4.78, 5) is 42.8. The summed E-state index contributed by atoms with van der Waals surface area (Å²) in [6, 6.07) is 5.82. The SMILES string of the molecule is CN(C(=O)CCC(=O)NCc1ccc2[nH]c(=O)[nH]c2c1)C1CCCCC1. The molecular formula is C19H26N4O3. The lowest BCUT2D eigenvalue weighted by Gasteiger charge is -2.31. The number of rotatable bonds is 6. The molecule has 0 saturated heterocycles. The van der Waals surface area contributed by atoms with Crippen molar-refractivity contribution in [3.63, 3.8) is 0 Å². The molecule has 3 N–H and O–H groups in total. The minimum atomic E-state index is -0.248. The van der Waals surface area contributed by atoms with Crippen molar-refractivity contribution < 1.29 is 9.59 Å². The molecule has 7 nitrogen and oxygen atoms in total. The van der Waals surface area contributed by atoms with Gasteiger partial charge in [0.15, 0.2) is 0 Å². The lowest BCUT2D eigenvalue weighted by Crippen LogP contribution is -2.38. The molecule has 7 heteroatoms. The molecule has 2 amide bonds. The van der Waals surface area contributed by atoms with Crippen LogP contribution >= 0.6 is 0 Å². The van der Waals surface area contributed by atoms with Crippen LogP contribution < -0.4 is 11.0 Å². The number of carbonyl (C=O) groups excluding carboxylic acids is 2. The third kappa shape index (κ3) is 4.53. The Labute approximate surface area is 152 Å². The third-order valence-corrected chi connectivity index (χ3v) is 5.15. The molecule has 1 saturated carbocycles. The number of hydrogen-bond acceptors (Lipinski definition) is 3. The molecule has 1 aliphatic carbocycles. The van der Waals surface area contributed by atoms with Gasteiger partial charge in [-0.1, -0.05) is 25.3 Å². The second-order valence-electron chi connectivity index (χ2n) is 7.03. The number of H-pyrrole nitrogens is 2. The number of aromatic amines is 2. The summed E-state index contributed by atoms with van der Waals surface area (Å²) in [6.45, 7) is 0.370. The third-order valence-electron chi connectivity index (χ3n) is 5.15. The summed E-state index contributed by atoms with van der Waals surface area (Å²) < 4.78 is 0. The summed E-state index contributed by atoms with van der Waals surface area (Å²) in [6.07, 6.45) is 6.18. The van der Waals surface area contributed by atoms with Crippen LogP contribution in [0.25, 0.3) is 11.0 Å². The number of hydrogen-bond donors (Lipinski definition) is 3. The predicted octanol–water partition coefficient (Wildman–Crippen LogP) is 2.04. The Morgan fingerprint density at radius 1 is 1.12 bits per heavy atom. The average molecular weight is 358 g/mol. The van der Waals surface area contributed by atoms with E-state index < -0.39 is 0 Å². The molecule has 140 valence electrons. The van der Waals surface area contributed by atoms with E-state index in [0.717, 1.165) is 23.9 Å². The molecule has 1 aliphatic rings. The number of nitrogens with one attached hydrogen (secondary N) is 3. The molecule has 0 spiro atoms. The quantitative estimate of drug-likeness (QED) is 0.737. The molecule has 0 bridgehead atoms. The summed E-state index contributed by atoms with van der Waals surface area (Å²) >= 11 is 0. The van der Waals surface area contributed by atoms with Gasteiger partial charge in [0.05, 0.1) is 11.0 Å². The maximum atomic E-state index is 12.3. The van der Waals surface area contributed by atoms with E-state index in [1.54, 1.807) is 6.07 Å². The summed E-state index contributed by atoms with van der Waals surface area (Å²) in [5, 5.41) is 2.83. The zero-order valence-corrected chi connectivity index (χ0v) is 15.1. The van der Waals surface area contributed by atoms with E-state index >= 15 is 0 Å². The van der Waals surface area contributed by atoms with Crippen molar-refractivity contribution in [2.75, 3.05) is 7.05 Å². The fourth-order valence-corrected chi connectivity index (χ4v) is 3.55. The number of carbonyl (C=O) groups is 2. The van der Waals surface area contributed by atoms with Gasteiger partial charge in [0.25, 0.3) is 0 Å². The van der Waals surface area contributed by atoms with E-state index in [0.29, 0.717) is 18.1 Å². The number of fused-ring (bicyclic) bond motifs is 1. The highest BCUT2D eigenvalue weighted by Gasteiger charge is 2.22. The van der Waals surface area contributed by atoms with Crippen LogP contribution in [0, 0.1) is 0 Å². The van der Waals surface area contributed by atoms with E-state index in [1.807, 2.05) is 24.1 Å². The van der Waals surface area contributed by atoms with Gasteiger partial charge >= 0.3 is 5.69 Å². The number of aromatic nitrogens is 2. The molecule has 1 fully saturated rings. The summed E-state index contributed by atoms with van der Waals surface area (Å²) in [5.74, 6) is -0.101. The first kappa shape index (κ1) is 18.2. The lowest BCUT2D eigenvalue weighted by molar-refractivity contribution is -0.134. The fourth-order valence-electron chi connectivity index (χ4n) is 3.55. The first-order valence-corrected chi connectivity index (χ1v) is 9.26. The molecule has 26 heavy (non-hydrogen) atoms. The molecule has 0 aliphatic heterocycles. The van der Waals surface area contributed by atoms with Crippen molar-refractivity contribution in [2.45, 2.75) is 57.5 Å². The van der Waals surface area contributed by atoms with Crippen molar-refractivity contribution in [3.05, 3.63) is 34.2 Å². The Morgan fingerprint density at radius 2 is 1.85 bits per heavy atom. The van der Waals surface area contributed by atoms with E-state index in [4.69, 9.17) is 0 Å². The monoisotopic (exact) mass is 358 g/mol. The first-order valence-electron chi connectivity index (χ1n) is 9.26. The minimum absolute atomic E-state index is 0.0402. The number of amides is 2. The van der Waals surface area contributed by atoms with E-state index in [2.05, 4.69) is 15.3 Å². The van der Waals surface area contributed by atoms with Gasteiger partial charge in [0, 0.05) is 32.5 Å². The molecule has 2 aromatic rings. The molecule has 3 rings (SSSR count). The highest BCUT2D eigenvalue weighted by atomic mass is 16.2. The summed E-state index contributed by atoms with van der Waals surface area (Å²) in [5.41, 5.74) is 2.10. The van der Waals surface area contributed by atoms with E-state index in [1.165, 1.54) is 19.3 Å². The highest BCUT2D eigenvalue weighted by molar-refractivity contribution is 5.84. The Hall–Kier alpha value is -2.57. The molecule has 1 aromatic heterocycles. The molecule has 0 atom stereocenters. The van der Waals surface area contributed by atoms with Crippen LogP contribution in [-0.2, 0) is 16.1 Å². The number of benzene rings is 1. The maximum Gasteiger partial charge on any atom is 0.323 e. The van der Waals surface area contributed by atoms with Crippen molar-refractivity contribution >= 4 is 22.8 Å². The van der Waals surface area contributed by atoms with Crippen LogP contribution in [-0.4, -0.2) is 39.8 Å². The molecule has 1 heterocycles. The minimum Gasteiger partial charge on any atom is -0.352 e. The van der Waals surface area contributed by atoms with E-state index in [9.17, 15) is 14.4 Å². The topological polar surface area (TPSA) is 98.1 Å². The second kappa shape index (κ2) is 8.21. The Balaban J connectivity index is 1.44. The molecule has 1 aromatic carbocycles. The lowest BCUT2D eigenvalue weighted by atomic mass is 9.94. The van der Waals surface area contributed by atoms with Gasteiger partial charge < -0.3 is 20.2 Å². The van der Waals surface area contributed by atoms with Gasteiger partial charge in [-0.25, -0.2) is 4.79 Å². The maximum absolute atomic E-state index is 12.3. The van der Waals surface area contributed by atoms with Crippen molar-refractivity contribution in [3.8, 4) is 0 Å². The van der Waals surface area contributed by atoms with Gasteiger partial charge in [-0.3, -0.25) is 9.59 Å². The van der Waals surface area contributed by atoms with E-state index in [-0.39, 0.29) is 30.3 Å².